The summed E-state index contributed by atoms with van der Waals surface area (Å²) in [6, 6.07) is 6.89. The van der Waals surface area contributed by atoms with Gasteiger partial charge in [-0.2, -0.15) is 5.26 Å². The van der Waals surface area contributed by atoms with E-state index in [1.165, 1.54) is 6.07 Å². The summed E-state index contributed by atoms with van der Waals surface area (Å²) in [4.78, 5) is 1.90. The highest BCUT2D eigenvalue weighted by molar-refractivity contribution is 6.30. The van der Waals surface area contributed by atoms with Crippen LogP contribution in [0.5, 0.6) is 0 Å². The van der Waals surface area contributed by atoms with E-state index in [9.17, 15) is 4.39 Å². The Morgan fingerprint density at radius 1 is 1.50 bits per heavy atom. The van der Waals surface area contributed by atoms with Crippen LogP contribution < -0.4 is 0 Å². The lowest BCUT2D eigenvalue weighted by Crippen LogP contribution is -2.30. The molecule has 2 nitrogen and oxygen atoms in total. The molecule has 1 aromatic rings. The maximum Gasteiger partial charge on any atom is 0.129 e. The van der Waals surface area contributed by atoms with Crippen LogP contribution in [0.3, 0.4) is 0 Å². The number of rotatable bonds is 4. The molecule has 0 amide bonds. The van der Waals surface area contributed by atoms with Crippen LogP contribution in [0.25, 0.3) is 0 Å². The molecule has 0 aromatic heterocycles. The summed E-state index contributed by atoms with van der Waals surface area (Å²) in [5.74, 6) is -0.323. The molecule has 0 fully saturated rings. The van der Waals surface area contributed by atoms with Gasteiger partial charge in [0.05, 0.1) is 12.6 Å². The largest absolute Gasteiger partial charge is 0.284 e. The Morgan fingerprint density at radius 2 is 2.19 bits per heavy atom. The second-order valence-electron chi connectivity index (χ2n) is 3.89. The molecule has 0 saturated heterocycles. The molecule has 4 heteroatoms. The molecule has 0 saturated carbocycles. The highest BCUT2D eigenvalue weighted by atomic mass is 35.5. The fourth-order valence-corrected chi connectivity index (χ4v) is 1.54. The lowest BCUT2D eigenvalue weighted by Gasteiger charge is -2.23. The van der Waals surface area contributed by atoms with Crippen LogP contribution >= 0.6 is 11.6 Å². The summed E-state index contributed by atoms with van der Waals surface area (Å²) in [5.41, 5.74) is 0.563. The molecule has 0 unspecified atom stereocenters. The van der Waals surface area contributed by atoms with Gasteiger partial charge in [-0.15, -0.1) is 0 Å². The third-order valence-electron chi connectivity index (χ3n) is 2.39. The number of hydrogen-bond donors (Lipinski definition) is 0. The quantitative estimate of drug-likeness (QED) is 0.756. The fourth-order valence-electron chi connectivity index (χ4n) is 1.38. The van der Waals surface area contributed by atoms with Crippen molar-refractivity contribution in [3.8, 4) is 6.07 Å². The van der Waals surface area contributed by atoms with Gasteiger partial charge in [0.15, 0.2) is 0 Å². The van der Waals surface area contributed by atoms with Crippen molar-refractivity contribution in [2.75, 3.05) is 6.54 Å². The first-order valence-corrected chi connectivity index (χ1v) is 5.47. The van der Waals surface area contributed by atoms with Crippen LogP contribution in [0.2, 0.25) is 5.02 Å². The van der Waals surface area contributed by atoms with Crippen molar-refractivity contribution in [1.82, 2.24) is 4.90 Å². The Hall–Kier alpha value is -1.11. The lowest BCUT2D eigenvalue weighted by molar-refractivity contribution is 0.237. The van der Waals surface area contributed by atoms with E-state index in [1.54, 1.807) is 12.1 Å². The van der Waals surface area contributed by atoms with E-state index in [2.05, 4.69) is 6.07 Å². The van der Waals surface area contributed by atoms with Gasteiger partial charge in [-0.3, -0.25) is 4.90 Å². The summed E-state index contributed by atoms with van der Waals surface area (Å²) in [6.07, 6.45) is 0. The summed E-state index contributed by atoms with van der Waals surface area (Å²) in [7, 11) is 0. The Bertz CT molecular complexity index is 398. The third-order valence-corrected chi connectivity index (χ3v) is 2.63. The minimum Gasteiger partial charge on any atom is -0.284 e. The van der Waals surface area contributed by atoms with Gasteiger partial charge in [0.1, 0.15) is 5.82 Å². The van der Waals surface area contributed by atoms with E-state index < -0.39 is 0 Å². The zero-order chi connectivity index (χ0) is 12.1. The van der Waals surface area contributed by atoms with E-state index in [0.717, 1.165) is 0 Å². The van der Waals surface area contributed by atoms with E-state index >= 15 is 0 Å². The Balaban J connectivity index is 2.82. The van der Waals surface area contributed by atoms with Crippen LogP contribution in [-0.2, 0) is 6.54 Å². The predicted molar refractivity (Wildman–Crippen MR) is 62.6 cm³/mol. The molecule has 0 aliphatic rings. The van der Waals surface area contributed by atoms with Gasteiger partial charge in [0, 0.05) is 23.2 Å². The van der Waals surface area contributed by atoms with E-state index in [-0.39, 0.29) is 11.9 Å². The predicted octanol–water partition coefficient (Wildman–Crippen LogP) is 3.21. The monoisotopic (exact) mass is 240 g/mol. The number of benzene rings is 1. The van der Waals surface area contributed by atoms with Crippen molar-refractivity contribution in [3.63, 3.8) is 0 Å². The molecule has 0 aliphatic heterocycles. The smallest absolute Gasteiger partial charge is 0.129 e. The molecule has 86 valence electrons. The molecule has 0 atom stereocenters. The topological polar surface area (TPSA) is 27.0 Å². The van der Waals surface area contributed by atoms with E-state index in [0.29, 0.717) is 23.7 Å². The first-order valence-electron chi connectivity index (χ1n) is 5.09. The first-order chi connectivity index (χ1) is 7.54. The zero-order valence-corrected chi connectivity index (χ0v) is 10.1. The molecule has 1 rings (SSSR count). The van der Waals surface area contributed by atoms with Crippen molar-refractivity contribution in [2.24, 2.45) is 0 Å². The average molecular weight is 241 g/mol. The number of nitriles is 1. The molecule has 1 aromatic carbocycles. The van der Waals surface area contributed by atoms with Gasteiger partial charge in [0.25, 0.3) is 0 Å². The molecular weight excluding hydrogens is 227 g/mol. The lowest BCUT2D eigenvalue weighted by atomic mass is 10.2. The molecule has 0 heterocycles. The second kappa shape index (κ2) is 5.83. The Labute approximate surface area is 100 Å². The molecule has 16 heavy (non-hydrogen) atoms. The minimum atomic E-state index is -0.323. The molecule has 0 aliphatic carbocycles. The maximum atomic E-state index is 13.5. The Morgan fingerprint density at radius 3 is 2.69 bits per heavy atom. The van der Waals surface area contributed by atoms with E-state index in [1.807, 2.05) is 18.7 Å². The standard InChI is InChI=1S/C12H14ClFN2/c1-9(2)16(6-5-15)8-10-3-4-11(13)7-12(10)14/h3-4,7,9H,6,8H2,1-2H3. The van der Waals surface area contributed by atoms with Crippen LogP contribution in [0.1, 0.15) is 19.4 Å². The van der Waals surface area contributed by atoms with Crippen LogP contribution in [0, 0.1) is 17.1 Å². The van der Waals surface area contributed by atoms with Crippen LogP contribution in [0.15, 0.2) is 18.2 Å². The van der Waals surface area contributed by atoms with Gasteiger partial charge >= 0.3 is 0 Å². The average Bonchev–Trinajstić information content (AvgIpc) is 2.20. The van der Waals surface area contributed by atoms with Gasteiger partial charge in [-0.1, -0.05) is 17.7 Å². The summed E-state index contributed by atoms with van der Waals surface area (Å²) in [6.45, 7) is 4.67. The van der Waals surface area contributed by atoms with Gasteiger partial charge < -0.3 is 0 Å². The fraction of sp³-hybridized carbons (Fsp3) is 0.417. The molecule has 0 spiro atoms. The number of hydrogen-bond acceptors (Lipinski definition) is 2. The van der Waals surface area contributed by atoms with Crippen molar-refractivity contribution in [1.29, 1.82) is 5.26 Å². The van der Waals surface area contributed by atoms with Crippen molar-refractivity contribution < 1.29 is 4.39 Å². The number of nitrogens with zero attached hydrogens (tertiary/aromatic N) is 2. The van der Waals surface area contributed by atoms with E-state index in [4.69, 9.17) is 16.9 Å². The normalized spacial score (nSPS) is 10.8. The molecule has 0 radical (unpaired) electrons. The second-order valence-corrected chi connectivity index (χ2v) is 4.33. The zero-order valence-electron chi connectivity index (χ0n) is 9.37. The summed E-state index contributed by atoms with van der Waals surface area (Å²) in [5, 5.41) is 9.06. The highest BCUT2D eigenvalue weighted by Crippen LogP contribution is 2.17. The van der Waals surface area contributed by atoms with Crippen LogP contribution in [-0.4, -0.2) is 17.5 Å². The van der Waals surface area contributed by atoms with Gasteiger partial charge in [0.2, 0.25) is 0 Å². The van der Waals surface area contributed by atoms with Gasteiger partial charge in [-0.25, -0.2) is 4.39 Å². The first kappa shape index (κ1) is 13.0. The van der Waals surface area contributed by atoms with Crippen molar-refractivity contribution in [3.05, 3.63) is 34.6 Å². The highest BCUT2D eigenvalue weighted by Gasteiger charge is 2.12. The number of halogens is 2. The summed E-state index contributed by atoms with van der Waals surface area (Å²) < 4.78 is 13.5. The van der Waals surface area contributed by atoms with Crippen molar-refractivity contribution >= 4 is 11.6 Å². The maximum absolute atomic E-state index is 13.5. The van der Waals surface area contributed by atoms with Crippen LogP contribution in [0.4, 0.5) is 4.39 Å². The van der Waals surface area contributed by atoms with Gasteiger partial charge in [-0.05, 0) is 26.0 Å². The molecular formula is C12H14ClFN2. The molecule has 0 N–H and O–H groups in total. The third kappa shape index (κ3) is 3.48. The minimum absolute atomic E-state index is 0.203. The SMILES string of the molecule is CC(C)N(CC#N)Cc1ccc(Cl)cc1F. The van der Waals surface area contributed by atoms with Crippen molar-refractivity contribution in [2.45, 2.75) is 26.4 Å². The Kier molecular flexibility index (Phi) is 4.72. The molecule has 0 bridgehead atoms. The summed E-state index contributed by atoms with van der Waals surface area (Å²) >= 11 is 5.67.